The van der Waals surface area contributed by atoms with Crippen molar-refractivity contribution in [2.45, 2.75) is 10.8 Å². The summed E-state index contributed by atoms with van der Waals surface area (Å²) in [6.07, 6.45) is 0. The van der Waals surface area contributed by atoms with Crippen LogP contribution < -0.4 is 14.2 Å². The van der Waals surface area contributed by atoms with E-state index in [1.807, 2.05) is 24.3 Å². The number of ether oxygens (including phenoxy) is 3. The zero-order chi connectivity index (χ0) is 20.4. The van der Waals surface area contributed by atoms with Crippen LogP contribution in [0.4, 0.5) is 0 Å². The number of hydrogen-bond donors (Lipinski definition) is 0. The molecular formula is C20H20N2O5S2. The molecule has 0 saturated carbocycles. The van der Waals surface area contributed by atoms with Crippen molar-refractivity contribution >= 4 is 21.4 Å². The molecule has 1 aliphatic heterocycles. The second-order valence-electron chi connectivity index (χ2n) is 6.35. The van der Waals surface area contributed by atoms with Crippen molar-refractivity contribution in [3.8, 4) is 28.6 Å². The van der Waals surface area contributed by atoms with E-state index in [1.54, 1.807) is 37.8 Å². The number of sulfonamides is 1. The molecule has 0 saturated heterocycles. The van der Waals surface area contributed by atoms with Gasteiger partial charge in [0, 0.05) is 30.3 Å². The summed E-state index contributed by atoms with van der Waals surface area (Å²) >= 11 is 1.20. The molecule has 0 radical (unpaired) electrons. The highest BCUT2D eigenvalue weighted by Gasteiger charge is 2.30. The van der Waals surface area contributed by atoms with Gasteiger partial charge in [0.05, 0.1) is 19.9 Å². The summed E-state index contributed by atoms with van der Waals surface area (Å²) in [6.45, 7) is 0.680. The van der Waals surface area contributed by atoms with Crippen LogP contribution in [-0.2, 0) is 16.6 Å². The van der Waals surface area contributed by atoms with Gasteiger partial charge in [-0.2, -0.15) is 4.31 Å². The molecule has 0 bridgehead atoms. The van der Waals surface area contributed by atoms with E-state index in [0.717, 1.165) is 11.1 Å². The zero-order valence-electron chi connectivity index (χ0n) is 16.0. The Balaban J connectivity index is 1.77. The average molecular weight is 433 g/mol. The average Bonchev–Trinajstić information content (AvgIpc) is 3.20. The third-order valence-electron chi connectivity index (χ3n) is 4.60. The molecule has 1 aromatic carbocycles. The molecule has 1 aliphatic rings. The van der Waals surface area contributed by atoms with E-state index in [9.17, 15) is 8.42 Å². The molecule has 0 unspecified atom stereocenters. The van der Waals surface area contributed by atoms with Crippen LogP contribution in [0.1, 0.15) is 5.56 Å². The molecule has 0 spiro atoms. The summed E-state index contributed by atoms with van der Waals surface area (Å²) in [5, 5.41) is 1.75. The lowest BCUT2D eigenvalue weighted by molar-refractivity contribution is 0.279. The zero-order valence-corrected chi connectivity index (χ0v) is 17.6. The van der Waals surface area contributed by atoms with Gasteiger partial charge in [-0.1, -0.05) is 12.1 Å². The Morgan fingerprint density at radius 2 is 2.00 bits per heavy atom. The lowest BCUT2D eigenvalue weighted by Crippen LogP contribution is -2.32. The van der Waals surface area contributed by atoms with Crippen molar-refractivity contribution in [1.29, 1.82) is 0 Å². The molecule has 0 aliphatic carbocycles. The molecule has 0 fully saturated rings. The van der Waals surface area contributed by atoms with Gasteiger partial charge in [0.2, 0.25) is 5.88 Å². The molecule has 4 rings (SSSR count). The largest absolute Gasteiger partial charge is 0.493 e. The van der Waals surface area contributed by atoms with E-state index in [4.69, 9.17) is 14.2 Å². The first-order valence-electron chi connectivity index (χ1n) is 8.91. The third kappa shape index (κ3) is 3.81. The summed E-state index contributed by atoms with van der Waals surface area (Å²) in [6, 6.07) is 12.6. The first-order valence-corrected chi connectivity index (χ1v) is 11.2. The van der Waals surface area contributed by atoms with E-state index >= 15 is 0 Å². The van der Waals surface area contributed by atoms with Gasteiger partial charge in [0.1, 0.15) is 10.8 Å². The predicted octanol–water partition coefficient (Wildman–Crippen LogP) is 3.41. The van der Waals surface area contributed by atoms with Crippen molar-refractivity contribution in [2.75, 3.05) is 27.4 Å². The minimum atomic E-state index is -3.60. The van der Waals surface area contributed by atoms with Crippen LogP contribution in [0.5, 0.6) is 17.4 Å². The van der Waals surface area contributed by atoms with E-state index in [2.05, 4.69) is 4.98 Å². The number of methoxy groups -OCH3 is 2. The second-order valence-corrected chi connectivity index (χ2v) is 9.46. The van der Waals surface area contributed by atoms with Gasteiger partial charge < -0.3 is 14.2 Å². The Bertz CT molecular complexity index is 1110. The highest BCUT2D eigenvalue weighted by atomic mass is 32.2. The Morgan fingerprint density at radius 3 is 2.72 bits per heavy atom. The molecule has 0 atom stereocenters. The van der Waals surface area contributed by atoms with Crippen molar-refractivity contribution in [1.82, 2.24) is 9.29 Å². The maximum atomic E-state index is 13.0. The van der Waals surface area contributed by atoms with Crippen molar-refractivity contribution < 1.29 is 22.6 Å². The first kappa shape index (κ1) is 19.7. The van der Waals surface area contributed by atoms with Gasteiger partial charge in [0.25, 0.3) is 10.0 Å². The van der Waals surface area contributed by atoms with E-state index in [-0.39, 0.29) is 19.7 Å². The number of thiophene rings is 1. The Kier molecular flexibility index (Phi) is 5.44. The van der Waals surface area contributed by atoms with Crippen LogP contribution in [0.3, 0.4) is 0 Å². The molecule has 7 nitrogen and oxygen atoms in total. The maximum Gasteiger partial charge on any atom is 0.252 e. The number of nitrogens with zero attached hydrogens (tertiary/aromatic N) is 2. The number of benzene rings is 1. The minimum absolute atomic E-state index is 0.184. The Morgan fingerprint density at radius 1 is 1.14 bits per heavy atom. The van der Waals surface area contributed by atoms with E-state index in [1.165, 1.54) is 15.6 Å². The van der Waals surface area contributed by atoms with Crippen molar-refractivity contribution in [2.24, 2.45) is 0 Å². The molecule has 2 aromatic heterocycles. The monoisotopic (exact) mass is 432 g/mol. The fourth-order valence-corrected chi connectivity index (χ4v) is 5.74. The van der Waals surface area contributed by atoms with Crippen LogP contribution in [0.25, 0.3) is 11.3 Å². The van der Waals surface area contributed by atoms with Crippen LogP contribution in [0.15, 0.2) is 52.1 Å². The molecule has 3 heterocycles. The number of hydrogen-bond acceptors (Lipinski definition) is 7. The van der Waals surface area contributed by atoms with E-state index < -0.39 is 10.0 Å². The fraction of sp³-hybridized carbons (Fsp3) is 0.250. The van der Waals surface area contributed by atoms with Gasteiger partial charge in [-0.25, -0.2) is 13.4 Å². The molecule has 9 heteroatoms. The summed E-state index contributed by atoms with van der Waals surface area (Å²) in [5.41, 5.74) is 2.21. The summed E-state index contributed by atoms with van der Waals surface area (Å²) in [7, 11) is -0.474. The molecule has 3 aromatic rings. The van der Waals surface area contributed by atoms with Crippen LogP contribution in [0, 0.1) is 0 Å². The van der Waals surface area contributed by atoms with Gasteiger partial charge >= 0.3 is 0 Å². The SMILES string of the molecule is COc1cccc(-c2cc3c(c(OC)c2)OCCN(S(=O)(=O)c2cccs2)C3)n1. The molecule has 152 valence electrons. The topological polar surface area (TPSA) is 78.0 Å². The lowest BCUT2D eigenvalue weighted by atomic mass is 10.1. The molecule has 29 heavy (non-hydrogen) atoms. The van der Waals surface area contributed by atoms with Gasteiger partial charge in [-0.3, -0.25) is 0 Å². The van der Waals surface area contributed by atoms with Crippen LogP contribution in [-0.4, -0.2) is 45.1 Å². The van der Waals surface area contributed by atoms with E-state index in [0.29, 0.717) is 27.3 Å². The normalized spacial score (nSPS) is 14.6. The number of pyridine rings is 1. The number of rotatable bonds is 5. The second kappa shape index (κ2) is 8.02. The maximum absolute atomic E-state index is 13.0. The smallest absolute Gasteiger partial charge is 0.252 e. The van der Waals surface area contributed by atoms with Crippen LogP contribution in [0.2, 0.25) is 0 Å². The number of aromatic nitrogens is 1. The summed E-state index contributed by atoms with van der Waals surface area (Å²) < 4.78 is 44.4. The third-order valence-corrected chi connectivity index (χ3v) is 7.82. The van der Waals surface area contributed by atoms with Crippen LogP contribution >= 0.6 is 11.3 Å². The van der Waals surface area contributed by atoms with Gasteiger partial charge in [-0.05, 0) is 29.6 Å². The summed E-state index contributed by atoms with van der Waals surface area (Å²) in [5.74, 6) is 1.59. The van der Waals surface area contributed by atoms with Gasteiger partial charge in [-0.15, -0.1) is 11.3 Å². The Hall–Kier alpha value is -2.62. The minimum Gasteiger partial charge on any atom is -0.493 e. The first-order chi connectivity index (χ1) is 14.0. The standard InChI is InChI=1S/C20H20N2O5S2/c1-25-17-12-14(16-5-3-6-18(21-16)26-2)11-15-13-22(8-9-27-20(15)17)29(23,24)19-7-4-10-28-19/h3-7,10-12H,8-9,13H2,1-2H3. The summed E-state index contributed by atoms with van der Waals surface area (Å²) in [4.78, 5) is 4.47. The van der Waals surface area contributed by atoms with Crippen molar-refractivity contribution in [3.63, 3.8) is 0 Å². The van der Waals surface area contributed by atoms with Crippen molar-refractivity contribution in [3.05, 3.63) is 53.4 Å². The van der Waals surface area contributed by atoms with Gasteiger partial charge in [0.15, 0.2) is 11.5 Å². The lowest BCUT2D eigenvalue weighted by Gasteiger charge is -2.19. The highest BCUT2D eigenvalue weighted by molar-refractivity contribution is 7.91. The quantitative estimate of drug-likeness (QED) is 0.615. The predicted molar refractivity (Wildman–Crippen MR) is 110 cm³/mol. The molecular weight excluding hydrogens is 412 g/mol. The highest BCUT2D eigenvalue weighted by Crippen LogP contribution is 2.39. The Labute approximate surface area is 173 Å². The molecule has 0 N–H and O–H groups in total. The molecule has 0 amide bonds. The number of fused-ring (bicyclic) bond motifs is 1. The fourth-order valence-electron chi connectivity index (χ4n) is 3.19.